The highest BCUT2D eigenvalue weighted by Crippen LogP contribution is 2.18. The molecule has 0 saturated carbocycles. The Labute approximate surface area is 118 Å². The van der Waals surface area contributed by atoms with Gasteiger partial charge in [-0.1, -0.05) is 37.3 Å². The molecule has 2 aromatic rings. The number of benzene rings is 1. The quantitative estimate of drug-likeness (QED) is 0.764. The molecule has 0 fully saturated rings. The molecule has 4 nitrogen and oxygen atoms in total. The molecule has 0 amide bonds. The Kier molecular flexibility index (Phi) is 5.42. The number of hydrogen-bond acceptors (Lipinski definition) is 4. The van der Waals surface area contributed by atoms with Gasteiger partial charge in [0.05, 0.1) is 0 Å². The van der Waals surface area contributed by atoms with Crippen LogP contribution in [-0.4, -0.2) is 33.5 Å². The first-order valence-electron chi connectivity index (χ1n) is 6.50. The maximum absolute atomic E-state index is 4.24. The summed E-state index contributed by atoms with van der Waals surface area (Å²) in [5, 5.41) is 15.3. The minimum absolute atomic E-state index is 0.693. The maximum Gasteiger partial charge on any atom is 0.117 e. The van der Waals surface area contributed by atoms with Gasteiger partial charge in [0.2, 0.25) is 0 Å². The fourth-order valence-corrected chi connectivity index (χ4v) is 2.19. The highest BCUT2D eigenvalue weighted by Gasteiger charge is 2.09. The third-order valence-corrected chi connectivity index (χ3v) is 4.13. The molecule has 0 spiro atoms. The van der Waals surface area contributed by atoms with Gasteiger partial charge in [-0.3, -0.25) is 0 Å². The van der Waals surface area contributed by atoms with Gasteiger partial charge in [-0.05, 0) is 19.2 Å². The van der Waals surface area contributed by atoms with Crippen molar-refractivity contribution in [2.24, 2.45) is 0 Å². The summed E-state index contributed by atoms with van der Waals surface area (Å²) in [7, 11) is 0. The van der Waals surface area contributed by atoms with E-state index >= 15 is 0 Å². The van der Waals surface area contributed by atoms with Crippen LogP contribution in [0, 0.1) is 0 Å². The smallest absolute Gasteiger partial charge is 0.117 e. The van der Waals surface area contributed by atoms with Crippen molar-refractivity contribution in [1.29, 1.82) is 0 Å². The van der Waals surface area contributed by atoms with E-state index in [1.165, 1.54) is 6.42 Å². The molecule has 1 aromatic heterocycles. The van der Waals surface area contributed by atoms with Crippen LogP contribution in [0.1, 0.15) is 19.0 Å². The molecule has 1 atom stereocenters. The molecular formula is C14H20N4S. The predicted molar refractivity (Wildman–Crippen MR) is 81.1 cm³/mol. The van der Waals surface area contributed by atoms with Crippen molar-refractivity contribution in [2.45, 2.75) is 25.1 Å². The van der Waals surface area contributed by atoms with E-state index in [1.54, 1.807) is 0 Å². The van der Waals surface area contributed by atoms with E-state index in [9.17, 15) is 0 Å². The lowest BCUT2D eigenvalue weighted by molar-refractivity contribution is 0.638. The predicted octanol–water partition coefficient (Wildman–Crippen LogP) is 2.70. The molecule has 19 heavy (non-hydrogen) atoms. The minimum Gasteiger partial charge on any atom is -0.311 e. The summed E-state index contributed by atoms with van der Waals surface area (Å²) in [5.74, 6) is 0. The van der Waals surface area contributed by atoms with Gasteiger partial charge in [0.15, 0.2) is 0 Å². The lowest BCUT2D eigenvalue weighted by Gasteiger charge is -2.08. The molecule has 0 saturated heterocycles. The molecule has 1 aromatic carbocycles. The molecule has 0 aliphatic heterocycles. The van der Waals surface area contributed by atoms with Gasteiger partial charge in [0, 0.05) is 17.4 Å². The van der Waals surface area contributed by atoms with Gasteiger partial charge in [0.25, 0.3) is 0 Å². The van der Waals surface area contributed by atoms with Gasteiger partial charge in [-0.15, -0.1) is 0 Å². The molecule has 0 aliphatic carbocycles. The number of nitrogens with one attached hydrogen (secondary N) is 2. The average molecular weight is 276 g/mol. The molecule has 0 radical (unpaired) electrons. The van der Waals surface area contributed by atoms with Crippen LogP contribution >= 0.6 is 11.8 Å². The highest BCUT2D eigenvalue weighted by atomic mass is 32.2. The Morgan fingerprint density at radius 3 is 2.79 bits per heavy atom. The summed E-state index contributed by atoms with van der Waals surface area (Å²) in [6.45, 7) is 4.00. The number of rotatable bonds is 7. The van der Waals surface area contributed by atoms with Crippen molar-refractivity contribution >= 4 is 11.8 Å². The van der Waals surface area contributed by atoms with Crippen molar-refractivity contribution in [3.05, 3.63) is 36.0 Å². The largest absolute Gasteiger partial charge is 0.311 e. The van der Waals surface area contributed by atoms with Crippen LogP contribution in [0.25, 0.3) is 11.3 Å². The number of thioether (sulfide) groups is 1. The van der Waals surface area contributed by atoms with Crippen LogP contribution in [0.4, 0.5) is 0 Å². The Balaban J connectivity index is 1.90. The molecular weight excluding hydrogens is 256 g/mol. The zero-order valence-corrected chi connectivity index (χ0v) is 12.2. The first kappa shape index (κ1) is 14.1. The number of aromatic nitrogens is 3. The average Bonchev–Trinajstić information content (AvgIpc) is 2.92. The zero-order chi connectivity index (χ0) is 13.5. The monoisotopic (exact) mass is 276 g/mol. The third-order valence-electron chi connectivity index (χ3n) is 3.09. The molecule has 0 bridgehead atoms. The summed E-state index contributed by atoms with van der Waals surface area (Å²) in [6.07, 6.45) is 3.31. The van der Waals surface area contributed by atoms with E-state index in [1.807, 2.05) is 30.0 Å². The number of aromatic amines is 1. The van der Waals surface area contributed by atoms with Crippen molar-refractivity contribution < 1.29 is 0 Å². The number of nitrogens with zero attached hydrogens (tertiary/aromatic N) is 2. The normalized spacial score (nSPS) is 12.5. The van der Waals surface area contributed by atoms with E-state index < -0.39 is 0 Å². The van der Waals surface area contributed by atoms with Gasteiger partial charge in [-0.25, -0.2) is 0 Å². The van der Waals surface area contributed by atoms with Crippen LogP contribution in [0.15, 0.2) is 30.3 Å². The van der Waals surface area contributed by atoms with Gasteiger partial charge < -0.3 is 5.32 Å². The van der Waals surface area contributed by atoms with Crippen LogP contribution < -0.4 is 5.32 Å². The molecule has 102 valence electrons. The molecule has 5 heteroatoms. The fraction of sp³-hybridized carbons (Fsp3) is 0.429. The molecule has 1 heterocycles. The SMILES string of the molecule is CSC(C)CCNCc1n[nH]nc1-c1ccccc1. The van der Waals surface area contributed by atoms with Crippen molar-refractivity contribution in [3.8, 4) is 11.3 Å². The molecule has 2 N–H and O–H groups in total. The maximum atomic E-state index is 4.24. The first-order valence-corrected chi connectivity index (χ1v) is 7.78. The standard InChI is InChI=1S/C14H20N4S/c1-11(19-2)8-9-15-10-13-14(17-18-16-13)12-6-4-3-5-7-12/h3-7,11,15H,8-10H2,1-2H3,(H,16,17,18). The van der Waals surface area contributed by atoms with Gasteiger partial charge in [-0.2, -0.15) is 27.2 Å². The van der Waals surface area contributed by atoms with Gasteiger partial charge in [0.1, 0.15) is 11.4 Å². The van der Waals surface area contributed by atoms with Gasteiger partial charge >= 0.3 is 0 Å². The lowest BCUT2D eigenvalue weighted by atomic mass is 10.1. The van der Waals surface area contributed by atoms with E-state index in [-0.39, 0.29) is 0 Å². The van der Waals surface area contributed by atoms with Crippen LogP contribution in [-0.2, 0) is 6.54 Å². The summed E-state index contributed by atoms with van der Waals surface area (Å²) >= 11 is 1.90. The summed E-state index contributed by atoms with van der Waals surface area (Å²) in [5.41, 5.74) is 3.01. The summed E-state index contributed by atoms with van der Waals surface area (Å²) in [6, 6.07) is 10.1. The van der Waals surface area contributed by atoms with Crippen LogP contribution in [0.3, 0.4) is 0 Å². The Bertz CT molecular complexity index is 483. The van der Waals surface area contributed by atoms with Crippen molar-refractivity contribution in [2.75, 3.05) is 12.8 Å². The Morgan fingerprint density at radius 1 is 1.26 bits per heavy atom. The number of H-pyrrole nitrogens is 1. The molecule has 2 rings (SSSR count). The molecule has 0 aliphatic rings. The van der Waals surface area contributed by atoms with E-state index in [4.69, 9.17) is 0 Å². The van der Waals surface area contributed by atoms with E-state index in [2.05, 4.69) is 46.0 Å². The highest BCUT2D eigenvalue weighted by molar-refractivity contribution is 7.99. The van der Waals surface area contributed by atoms with E-state index in [0.29, 0.717) is 5.25 Å². The van der Waals surface area contributed by atoms with Crippen LogP contribution in [0.5, 0.6) is 0 Å². The zero-order valence-electron chi connectivity index (χ0n) is 11.4. The first-order chi connectivity index (χ1) is 9.31. The third kappa shape index (κ3) is 4.08. The summed E-state index contributed by atoms with van der Waals surface area (Å²) < 4.78 is 0. The Hall–Kier alpha value is -1.33. The van der Waals surface area contributed by atoms with E-state index in [0.717, 1.165) is 30.0 Å². The van der Waals surface area contributed by atoms with Crippen molar-refractivity contribution in [1.82, 2.24) is 20.7 Å². The Morgan fingerprint density at radius 2 is 2.05 bits per heavy atom. The lowest BCUT2D eigenvalue weighted by Crippen LogP contribution is -2.18. The second kappa shape index (κ2) is 7.31. The second-order valence-electron chi connectivity index (χ2n) is 4.50. The summed E-state index contributed by atoms with van der Waals surface area (Å²) in [4.78, 5) is 0. The van der Waals surface area contributed by atoms with Crippen molar-refractivity contribution in [3.63, 3.8) is 0 Å². The number of hydrogen-bond donors (Lipinski definition) is 2. The minimum atomic E-state index is 0.693. The second-order valence-corrected chi connectivity index (χ2v) is 5.77. The fourth-order valence-electron chi connectivity index (χ4n) is 1.83. The molecule has 1 unspecified atom stereocenters. The van der Waals surface area contributed by atoms with Crippen LogP contribution in [0.2, 0.25) is 0 Å². The topological polar surface area (TPSA) is 53.6 Å².